The van der Waals surface area contributed by atoms with E-state index in [4.69, 9.17) is 4.84 Å². The molecule has 0 atom stereocenters. The van der Waals surface area contributed by atoms with Crippen LogP contribution in [0.25, 0.3) is 0 Å². The Hall–Kier alpha value is -0.570. The van der Waals surface area contributed by atoms with Gasteiger partial charge in [-0.2, -0.15) is 0 Å². The summed E-state index contributed by atoms with van der Waals surface area (Å²) in [5, 5.41) is 0. The van der Waals surface area contributed by atoms with Crippen molar-refractivity contribution in [3.8, 4) is 0 Å². The average molecular weight is 271 g/mol. The molecule has 0 unspecified atom stereocenters. The zero-order valence-electron chi connectivity index (χ0n) is 13.4. The minimum atomic E-state index is -0.311. The Bertz CT molecular complexity index is 221. The SMILES string of the molecule is CCCCCCCCCCCC(=O)NOC(C)(C)C. The summed E-state index contributed by atoms with van der Waals surface area (Å²) >= 11 is 0. The first kappa shape index (κ1) is 18.4. The first-order chi connectivity index (χ1) is 8.95. The van der Waals surface area contributed by atoms with Crippen LogP contribution in [0.2, 0.25) is 0 Å². The summed E-state index contributed by atoms with van der Waals surface area (Å²) in [6, 6.07) is 0. The molecule has 0 aliphatic carbocycles. The number of amides is 1. The van der Waals surface area contributed by atoms with Gasteiger partial charge in [0, 0.05) is 6.42 Å². The first-order valence-electron chi connectivity index (χ1n) is 7.92. The Morgan fingerprint density at radius 2 is 1.37 bits per heavy atom. The van der Waals surface area contributed by atoms with Crippen molar-refractivity contribution in [3.63, 3.8) is 0 Å². The largest absolute Gasteiger partial charge is 0.273 e. The van der Waals surface area contributed by atoms with Crippen LogP contribution in [0.5, 0.6) is 0 Å². The fraction of sp³-hybridized carbons (Fsp3) is 0.938. The van der Waals surface area contributed by atoms with E-state index < -0.39 is 0 Å². The third-order valence-corrected chi connectivity index (χ3v) is 2.98. The molecule has 0 radical (unpaired) electrons. The molecular formula is C16H33NO2. The summed E-state index contributed by atoms with van der Waals surface area (Å²) < 4.78 is 0. The molecule has 0 aromatic rings. The average Bonchev–Trinajstić information content (AvgIpc) is 2.33. The molecule has 0 rings (SSSR count). The van der Waals surface area contributed by atoms with E-state index in [0.717, 1.165) is 12.8 Å². The number of hydrogen-bond acceptors (Lipinski definition) is 2. The van der Waals surface area contributed by atoms with E-state index in [1.807, 2.05) is 20.8 Å². The summed E-state index contributed by atoms with van der Waals surface area (Å²) in [5.74, 6) is -0.00197. The van der Waals surface area contributed by atoms with E-state index in [0.29, 0.717) is 6.42 Å². The number of hydrogen-bond donors (Lipinski definition) is 1. The van der Waals surface area contributed by atoms with Crippen LogP contribution in [0, 0.1) is 0 Å². The molecule has 0 bridgehead atoms. The smallest absolute Gasteiger partial charge is 0.243 e. The second-order valence-corrected chi connectivity index (χ2v) is 6.32. The Kier molecular flexibility index (Phi) is 10.9. The van der Waals surface area contributed by atoms with Gasteiger partial charge in [-0.1, -0.05) is 58.3 Å². The van der Waals surface area contributed by atoms with Crippen molar-refractivity contribution >= 4 is 5.91 Å². The lowest BCUT2D eigenvalue weighted by molar-refractivity contribution is -0.145. The van der Waals surface area contributed by atoms with Crippen molar-refractivity contribution in [1.29, 1.82) is 0 Å². The van der Waals surface area contributed by atoms with Gasteiger partial charge in [0.15, 0.2) is 0 Å². The van der Waals surface area contributed by atoms with Gasteiger partial charge in [-0.3, -0.25) is 9.63 Å². The topological polar surface area (TPSA) is 38.3 Å². The van der Waals surface area contributed by atoms with Crippen LogP contribution < -0.4 is 5.48 Å². The second-order valence-electron chi connectivity index (χ2n) is 6.32. The summed E-state index contributed by atoms with van der Waals surface area (Å²) in [6.07, 6.45) is 12.0. The fourth-order valence-corrected chi connectivity index (χ4v) is 1.86. The monoisotopic (exact) mass is 271 g/mol. The third-order valence-electron chi connectivity index (χ3n) is 2.98. The van der Waals surface area contributed by atoms with Gasteiger partial charge in [0.1, 0.15) is 0 Å². The van der Waals surface area contributed by atoms with E-state index in [-0.39, 0.29) is 11.5 Å². The summed E-state index contributed by atoms with van der Waals surface area (Å²) in [7, 11) is 0. The maximum atomic E-state index is 11.5. The van der Waals surface area contributed by atoms with Crippen molar-refractivity contribution in [2.75, 3.05) is 0 Å². The number of rotatable bonds is 11. The standard InChI is InChI=1S/C16H33NO2/c1-5-6-7-8-9-10-11-12-13-14-15(18)17-19-16(2,3)4/h5-14H2,1-4H3,(H,17,18). The molecule has 1 amide bonds. The van der Waals surface area contributed by atoms with Gasteiger partial charge in [-0.25, -0.2) is 5.48 Å². The molecule has 0 spiro atoms. The summed E-state index contributed by atoms with van der Waals surface area (Å²) in [4.78, 5) is 16.7. The Balaban J connectivity index is 3.23. The number of hydroxylamine groups is 1. The van der Waals surface area contributed by atoms with Crippen LogP contribution in [0.15, 0.2) is 0 Å². The highest BCUT2D eigenvalue weighted by molar-refractivity contribution is 5.74. The molecule has 0 saturated heterocycles. The number of nitrogens with one attached hydrogen (secondary N) is 1. The van der Waals surface area contributed by atoms with E-state index in [2.05, 4.69) is 12.4 Å². The molecule has 114 valence electrons. The van der Waals surface area contributed by atoms with E-state index in [9.17, 15) is 4.79 Å². The van der Waals surface area contributed by atoms with Crippen molar-refractivity contribution in [2.45, 2.75) is 97.5 Å². The van der Waals surface area contributed by atoms with Gasteiger partial charge < -0.3 is 0 Å². The van der Waals surface area contributed by atoms with Gasteiger partial charge in [0.05, 0.1) is 5.60 Å². The predicted octanol–water partition coefficient (Wildman–Crippen LogP) is 4.75. The lowest BCUT2D eigenvalue weighted by Crippen LogP contribution is -2.33. The zero-order chi connectivity index (χ0) is 14.6. The molecular weight excluding hydrogens is 238 g/mol. The molecule has 0 aliphatic rings. The molecule has 0 heterocycles. The molecule has 19 heavy (non-hydrogen) atoms. The third kappa shape index (κ3) is 15.4. The minimum absolute atomic E-state index is 0.00197. The first-order valence-corrected chi connectivity index (χ1v) is 7.92. The van der Waals surface area contributed by atoms with Gasteiger partial charge in [-0.15, -0.1) is 0 Å². The van der Waals surface area contributed by atoms with Crippen LogP contribution in [0.1, 0.15) is 91.9 Å². The number of carbonyl (C=O) groups excluding carboxylic acids is 1. The molecule has 0 aromatic carbocycles. The highest BCUT2D eigenvalue weighted by atomic mass is 16.7. The van der Waals surface area contributed by atoms with Gasteiger partial charge in [0.2, 0.25) is 5.91 Å². The van der Waals surface area contributed by atoms with Crippen LogP contribution >= 0.6 is 0 Å². The van der Waals surface area contributed by atoms with Crippen molar-refractivity contribution in [2.24, 2.45) is 0 Å². The lowest BCUT2D eigenvalue weighted by atomic mass is 10.1. The fourth-order valence-electron chi connectivity index (χ4n) is 1.86. The number of unbranched alkanes of at least 4 members (excludes halogenated alkanes) is 8. The van der Waals surface area contributed by atoms with Crippen LogP contribution in [-0.2, 0) is 9.63 Å². The van der Waals surface area contributed by atoms with E-state index >= 15 is 0 Å². The molecule has 1 N–H and O–H groups in total. The molecule has 0 aliphatic heterocycles. The maximum Gasteiger partial charge on any atom is 0.243 e. The lowest BCUT2D eigenvalue weighted by Gasteiger charge is -2.18. The molecule has 3 heteroatoms. The van der Waals surface area contributed by atoms with Gasteiger partial charge in [0.25, 0.3) is 0 Å². The number of carbonyl (C=O) groups is 1. The molecule has 0 saturated carbocycles. The van der Waals surface area contributed by atoms with Gasteiger partial charge in [-0.05, 0) is 27.2 Å². The van der Waals surface area contributed by atoms with Crippen molar-refractivity contribution in [3.05, 3.63) is 0 Å². The molecule has 0 aromatic heterocycles. The highest BCUT2D eigenvalue weighted by Gasteiger charge is 2.12. The molecule has 0 fully saturated rings. The van der Waals surface area contributed by atoms with E-state index in [1.54, 1.807) is 0 Å². The van der Waals surface area contributed by atoms with Crippen LogP contribution in [0.3, 0.4) is 0 Å². The van der Waals surface area contributed by atoms with Crippen LogP contribution in [-0.4, -0.2) is 11.5 Å². The van der Waals surface area contributed by atoms with Crippen molar-refractivity contribution in [1.82, 2.24) is 5.48 Å². The maximum absolute atomic E-state index is 11.5. The summed E-state index contributed by atoms with van der Waals surface area (Å²) in [6.45, 7) is 8.01. The summed E-state index contributed by atoms with van der Waals surface area (Å²) in [5.41, 5.74) is 2.20. The Morgan fingerprint density at radius 1 is 0.895 bits per heavy atom. The normalized spacial score (nSPS) is 11.6. The van der Waals surface area contributed by atoms with Gasteiger partial charge >= 0.3 is 0 Å². The minimum Gasteiger partial charge on any atom is -0.273 e. The second kappa shape index (κ2) is 11.3. The quantitative estimate of drug-likeness (QED) is 0.435. The Morgan fingerprint density at radius 3 is 1.84 bits per heavy atom. The highest BCUT2D eigenvalue weighted by Crippen LogP contribution is 2.10. The van der Waals surface area contributed by atoms with Crippen molar-refractivity contribution < 1.29 is 9.63 Å². The zero-order valence-corrected chi connectivity index (χ0v) is 13.4. The van der Waals surface area contributed by atoms with Crippen LogP contribution in [0.4, 0.5) is 0 Å². The predicted molar refractivity (Wildman–Crippen MR) is 80.8 cm³/mol. The Labute approximate surface area is 119 Å². The molecule has 3 nitrogen and oxygen atoms in total. The van der Waals surface area contributed by atoms with E-state index in [1.165, 1.54) is 44.9 Å².